The fourth-order valence-electron chi connectivity index (χ4n) is 1.96. The molecule has 0 saturated heterocycles. The molecule has 0 atom stereocenters. The van der Waals surface area contributed by atoms with E-state index >= 15 is 0 Å². The predicted octanol–water partition coefficient (Wildman–Crippen LogP) is 2.89. The monoisotopic (exact) mass is 274 g/mol. The van der Waals surface area contributed by atoms with Gasteiger partial charge in [0.15, 0.2) is 0 Å². The van der Waals surface area contributed by atoms with Crippen LogP contribution in [0.5, 0.6) is 0 Å². The van der Waals surface area contributed by atoms with E-state index in [1.54, 1.807) is 4.68 Å². The predicted molar refractivity (Wildman–Crippen MR) is 76.2 cm³/mol. The van der Waals surface area contributed by atoms with Crippen molar-refractivity contribution in [2.45, 2.75) is 13.5 Å². The zero-order chi connectivity index (χ0) is 14.0. The topological polar surface area (TPSA) is 44.9 Å². The molecule has 0 amide bonds. The molecule has 4 nitrogen and oxygen atoms in total. The number of aryl methyl sites for hydroxylation is 2. The molecule has 0 unspecified atom stereocenters. The minimum Gasteiger partial charge on any atom is -0.369 e. The Bertz CT molecular complexity index is 622. The van der Waals surface area contributed by atoms with Crippen molar-refractivity contribution in [3.05, 3.63) is 46.2 Å². The van der Waals surface area contributed by atoms with E-state index in [0.717, 1.165) is 17.1 Å². The first kappa shape index (κ1) is 13.4. The van der Waals surface area contributed by atoms with Gasteiger partial charge in [-0.2, -0.15) is 10.4 Å². The van der Waals surface area contributed by atoms with Gasteiger partial charge in [0.1, 0.15) is 0 Å². The summed E-state index contributed by atoms with van der Waals surface area (Å²) in [6, 6.07) is 9.58. The van der Waals surface area contributed by atoms with Gasteiger partial charge in [-0.25, -0.2) is 0 Å². The van der Waals surface area contributed by atoms with Crippen molar-refractivity contribution in [3.8, 4) is 6.07 Å². The smallest absolute Gasteiger partial charge is 0.0991 e. The lowest BCUT2D eigenvalue weighted by atomic mass is 10.2. The number of benzene rings is 1. The summed E-state index contributed by atoms with van der Waals surface area (Å²) in [5.74, 6) is 0. The molecule has 1 heterocycles. The molecule has 2 aromatic rings. The van der Waals surface area contributed by atoms with Crippen LogP contribution in [-0.4, -0.2) is 16.8 Å². The van der Waals surface area contributed by atoms with E-state index in [9.17, 15) is 0 Å². The molecule has 1 aromatic carbocycles. The fourth-order valence-corrected chi connectivity index (χ4v) is 2.18. The van der Waals surface area contributed by atoms with Gasteiger partial charge in [-0.1, -0.05) is 11.6 Å². The highest BCUT2D eigenvalue weighted by Crippen LogP contribution is 2.23. The normalized spacial score (nSPS) is 10.3. The molecule has 1 aromatic heterocycles. The van der Waals surface area contributed by atoms with Crippen LogP contribution in [0.25, 0.3) is 0 Å². The first-order chi connectivity index (χ1) is 9.02. The number of hydrogen-bond donors (Lipinski definition) is 0. The lowest BCUT2D eigenvalue weighted by Crippen LogP contribution is -2.18. The van der Waals surface area contributed by atoms with Crippen LogP contribution < -0.4 is 4.90 Å². The van der Waals surface area contributed by atoms with Gasteiger partial charge >= 0.3 is 0 Å². The zero-order valence-electron chi connectivity index (χ0n) is 11.2. The molecule has 0 radical (unpaired) electrons. The molecular weight excluding hydrogens is 260 g/mol. The molecule has 0 aliphatic carbocycles. The van der Waals surface area contributed by atoms with Gasteiger partial charge in [-0.3, -0.25) is 4.68 Å². The van der Waals surface area contributed by atoms with Crippen LogP contribution in [0.1, 0.15) is 17.0 Å². The van der Waals surface area contributed by atoms with Gasteiger partial charge < -0.3 is 4.90 Å². The lowest BCUT2D eigenvalue weighted by molar-refractivity contribution is 0.694. The highest BCUT2D eigenvalue weighted by atomic mass is 35.5. The van der Waals surface area contributed by atoms with E-state index in [2.05, 4.69) is 16.1 Å². The first-order valence-electron chi connectivity index (χ1n) is 5.92. The van der Waals surface area contributed by atoms with Gasteiger partial charge in [-0.05, 0) is 31.2 Å². The minimum absolute atomic E-state index is 0.659. The maximum atomic E-state index is 8.79. The Morgan fingerprint density at radius 1 is 1.37 bits per heavy atom. The Morgan fingerprint density at radius 2 is 2.00 bits per heavy atom. The fraction of sp³-hybridized carbons (Fsp3) is 0.286. The Kier molecular flexibility index (Phi) is 3.77. The van der Waals surface area contributed by atoms with Crippen molar-refractivity contribution in [3.63, 3.8) is 0 Å². The van der Waals surface area contributed by atoms with Gasteiger partial charge in [0.2, 0.25) is 0 Å². The van der Waals surface area contributed by atoms with E-state index in [-0.39, 0.29) is 0 Å². The molecule has 98 valence electrons. The summed E-state index contributed by atoms with van der Waals surface area (Å²) >= 11 is 6.24. The summed E-state index contributed by atoms with van der Waals surface area (Å²) in [6.45, 7) is 2.57. The second-order valence-electron chi connectivity index (χ2n) is 4.48. The number of hydrogen-bond acceptors (Lipinski definition) is 3. The molecular formula is C14H15ClN4. The van der Waals surface area contributed by atoms with Crippen LogP contribution in [0.4, 0.5) is 5.69 Å². The van der Waals surface area contributed by atoms with E-state index in [1.807, 2.05) is 45.3 Å². The number of nitriles is 1. The molecule has 0 fully saturated rings. The average molecular weight is 275 g/mol. The number of nitrogens with zero attached hydrogens (tertiary/aromatic N) is 4. The quantitative estimate of drug-likeness (QED) is 0.864. The number of halogens is 1. The van der Waals surface area contributed by atoms with Gasteiger partial charge in [-0.15, -0.1) is 0 Å². The van der Waals surface area contributed by atoms with Crippen molar-refractivity contribution < 1.29 is 0 Å². The number of aromatic nitrogens is 2. The van der Waals surface area contributed by atoms with E-state index in [0.29, 0.717) is 17.1 Å². The van der Waals surface area contributed by atoms with Crippen LogP contribution in [0, 0.1) is 18.3 Å². The third kappa shape index (κ3) is 2.72. The van der Waals surface area contributed by atoms with E-state index in [4.69, 9.17) is 16.9 Å². The maximum absolute atomic E-state index is 8.79. The molecule has 2 rings (SSSR count). The highest BCUT2D eigenvalue weighted by molar-refractivity contribution is 6.31. The highest BCUT2D eigenvalue weighted by Gasteiger charge is 2.13. The summed E-state index contributed by atoms with van der Waals surface area (Å²) in [7, 11) is 3.88. The average Bonchev–Trinajstić information content (AvgIpc) is 2.65. The van der Waals surface area contributed by atoms with Crippen molar-refractivity contribution in [1.29, 1.82) is 5.26 Å². The van der Waals surface area contributed by atoms with Gasteiger partial charge in [0.05, 0.1) is 34.6 Å². The summed E-state index contributed by atoms with van der Waals surface area (Å²) in [4.78, 5) is 2.07. The molecule has 0 N–H and O–H groups in total. The van der Waals surface area contributed by atoms with Crippen LogP contribution in [0.15, 0.2) is 24.3 Å². The molecule has 5 heteroatoms. The third-order valence-corrected chi connectivity index (χ3v) is 3.58. The summed E-state index contributed by atoms with van der Waals surface area (Å²) < 4.78 is 1.80. The summed E-state index contributed by atoms with van der Waals surface area (Å²) in [6.07, 6.45) is 0. The van der Waals surface area contributed by atoms with Crippen molar-refractivity contribution in [1.82, 2.24) is 9.78 Å². The Morgan fingerprint density at radius 3 is 2.47 bits per heavy atom. The summed E-state index contributed by atoms with van der Waals surface area (Å²) in [5, 5.41) is 13.8. The number of rotatable bonds is 3. The molecule has 0 saturated carbocycles. The van der Waals surface area contributed by atoms with Gasteiger partial charge in [0, 0.05) is 19.8 Å². The first-order valence-corrected chi connectivity index (χ1v) is 6.30. The van der Waals surface area contributed by atoms with Crippen LogP contribution in [0.2, 0.25) is 5.02 Å². The third-order valence-electron chi connectivity index (χ3n) is 3.09. The molecule has 0 spiro atoms. The second kappa shape index (κ2) is 5.33. The Hall–Kier alpha value is -1.99. The minimum atomic E-state index is 0.659. The zero-order valence-corrected chi connectivity index (χ0v) is 11.9. The molecule has 0 aliphatic heterocycles. The van der Waals surface area contributed by atoms with Crippen LogP contribution >= 0.6 is 11.6 Å². The molecule has 0 bridgehead atoms. The Balaban J connectivity index is 2.20. The van der Waals surface area contributed by atoms with Crippen molar-refractivity contribution >= 4 is 17.3 Å². The summed E-state index contributed by atoms with van der Waals surface area (Å²) in [5.41, 5.74) is 3.51. The van der Waals surface area contributed by atoms with E-state index < -0.39 is 0 Å². The second-order valence-corrected chi connectivity index (χ2v) is 4.86. The van der Waals surface area contributed by atoms with Crippen LogP contribution in [-0.2, 0) is 13.6 Å². The van der Waals surface area contributed by atoms with Crippen molar-refractivity contribution in [2.75, 3.05) is 11.9 Å². The molecule has 19 heavy (non-hydrogen) atoms. The Labute approximate surface area is 117 Å². The SMILES string of the molecule is Cc1nn(C)c(CN(C)c2ccc(C#N)cc2)c1Cl. The largest absolute Gasteiger partial charge is 0.369 e. The van der Waals surface area contributed by atoms with Crippen LogP contribution in [0.3, 0.4) is 0 Å². The van der Waals surface area contributed by atoms with Crippen molar-refractivity contribution in [2.24, 2.45) is 7.05 Å². The standard InChI is InChI=1S/C14H15ClN4/c1-10-14(15)13(19(3)17-10)9-18(2)12-6-4-11(8-16)5-7-12/h4-7H,9H2,1-3H3. The maximum Gasteiger partial charge on any atom is 0.0991 e. The van der Waals surface area contributed by atoms with E-state index in [1.165, 1.54) is 0 Å². The van der Waals surface area contributed by atoms with Gasteiger partial charge in [0.25, 0.3) is 0 Å². The lowest BCUT2D eigenvalue weighted by Gasteiger charge is -2.19. The molecule has 0 aliphatic rings. The number of anilines is 1.